The highest BCUT2D eigenvalue weighted by Crippen LogP contribution is 2.19. The summed E-state index contributed by atoms with van der Waals surface area (Å²) in [4.78, 5) is 24.5. The summed E-state index contributed by atoms with van der Waals surface area (Å²) in [6.07, 6.45) is 0.933. The molecule has 0 heterocycles. The van der Waals surface area contributed by atoms with Crippen LogP contribution in [-0.2, 0) is 16.0 Å². The standard InChI is InChI=1S/C15H22N2O3/c1-4-20-13-8-6-5-7-12(13)9-10-14(18)16-11-15(19)17(2)3/h5-8H,4,9-11H2,1-3H3,(H,16,18). The number of ether oxygens (including phenoxy) is 1. The highest BCUT2D eigenvalue weighted by atomic mass is 16.5. The first-order valence-corrected chi connectivity index (χ1v) is 6.72. The van der Waals surface area contributed by atoms with Crippen LogP contribution in [0, 0.1) is 0 Å². The van der Waals surface area contributed by atoms with E-state index >= 15 is 0 Å². The van der Waals surface area contributed by atoms with Gasteiger partial charge in [-0.1, -0.05) is 18.2 Å². The van der Waals surface area contributed by atoms with Crippen LogP contribution < -0.4 is 10.1 Å². The van der Waals surface area contributed by atoms with Crippen LogP contribution in [-0.4, -0.2) is 44.0 Å². The number of nitrogens with one attached hydrogen (secondary N) is 1. The van der Waals surface area contributed by atoms with E-state index in [4.69, 9.17) is 4.74 Å². The van der Waals surface area contributed by atoms with E-state index in [1.165, 1.54) is 4.90 Å². The third-order valence-corrected chi connectivity index (χ3v) is 2.83. The van der Waals surface area contributed by atoms with Crippen LogP contribution in [0.15, 0.2) is 24.3 Å². The molecule has 0 fully saturated rings. The number of amides is 2. The van der Waals surface area contributed by atoms with Crippen LogP contribution in [0.1, 0.15) is 18.9 Å². The van der Waals surface area contributed by atoms with Gasteiger partial charge in [0.1, 0.15) is 5.75 Å². The topological polar surface area (TPSA) is 58.6 Å². The minimum Gasteiger partial charge on any atom is -0.494 e. The molecule has 110 valence electrons. The fourth-order valence-corrected chi connectivity index (χ4v) is 1.68. The summed E-state index contributed by atoms with van der Waals surface area (Å²) in [6.45, 7) is 2.57. The Morgan fingerprint density at radius 2 is 1.95 bits per heavy atom. The SMILES string of the molecule is CCOc1ccccc1CCC(=O)NCC(=O)N(C)C. The number of carbonyl (C=O) groups is 2. The van der Waals surface area contributed by atoms with Crippen molar-refractivity contribution in [3.63, 3.8) is 0 Å². The first-order valence-electron chi connectivity index (χ1n) is 6.72. The van der Waals surface area contributed by atoms with Gasteiger partial charge in [-0.15, -0.1) is 0 Å². The van der Waals surface area contributed by atoms with Gasteiger partial charge in [0.05, 0.1) is 13.2 Å². The molecule has 0 aliphatic rings. The Hall–Kier alpha value is -2.04. The lowest BCUT2D eigenvalue weighted by atomic mass is 10.1. The third-order valence-electron chi connectivity index (χ3n) is 2.83. The zero-order valence-electron chi connectivity index (χ0n) is 12.3. The van der Waals surface area contributed by atoms with E-state index in [2.05, 4.69) is 5.32 Å². The number of aryl methyl sites for hydroxylation is 1. The Labute approximate surface area is 119 Å². The molecular formula is C15H22N2O3. The minimum absolute atomic E-state index is 0.0406. The summed E-state index contributed by atoms with van der Waals surface area (Å²) in [5, 5.41) is 2.61. The lowest BCUT2D eigenvalue weighted by Gasteiger charge is -2.12. The zero-order chi connectivity index (χ0) is 15.0. The highest BCUT2D eigenvalue weighted by Gasteiger charge is 2.09. The highest BCUT2D eigenvalue weighted by molar-refractivity contribution is 5.84. The number of carbonyl (C=O) groups excluding carboxylic acids is 2. The van der Waals surface area contributed by atoms with Crippen molar-refractivity contribution in [2.24, 2.45) is 0 Å². The lowest BCUT2D eigenvalue weighted by Crippen LogP contribution is -2.36. The Kier molecular flexibility index (Phi) is 6.56. The van der Waals surface area contributed by atoms with Crippen molar-refractivity contribution in [2.75, 3.05) is 27.2 Å². The van der Waals surface area contributed by atoms with Crippen LogP contribution in [0.3, 0.4) is 0 Å². The smallest absolute Gasteiger partial charge is 0.241 e. The number of rotatable bonds is 7. The van der Waals surface area contributed by atoms with E-state index in [1.54, 1.807) is 14.1 Å². The molecule has 1 rings (SSSR count). The van der Waals surface area contributed by atoms with Crippen LogP contribution in [0.2, 0.25) is 0 Å². The van der Waals surface area contributed by atoms with Gasteiger partial charge in [-0.05, 0) is 25.0 Å². The second kappa shape index (κ2) is 8.19. The Bertz CT molecular complexity index is 458. The Balaban J connectivity index is 2.43. The van der Waals surface area contributed by atoms with E-state index in [9.17, 15) is 9.59 Å². The molecule has 2 amide bonds. The zero-order valence-corrected chi connectivity index (χ0v) is 12.3. The second-order valence-electron chi connectivity index (χ2n) is 4.61. The van der Waals surface area contributed by atoms with Gasteiger partial charge in [0.2, 0.25) is 11.8 Å². The molecule has 5 heteroatoms. The molecule has 0 aliphatic heterocycles. The molecular weight excluding hydrogens is 256 g/mol. The molecule has 0 aromatic heterocycles. The van der Waals surface area contributed by atoms with Gasteiger partial charge in [-0.25, -0.2) is 0 Å². The van der Waals surface area contributed by atoms with Gasteiger partial charge < -0.3 is 15.0 Å². The third kappa shape index (κ3) is 5.30. The summed E-state index contributed by atoms with van der Waals surface area (Å²) < 4.78 is 5.51. The van der Waals surface area contributed by atoms with Crippen molar-refractivity contribution in [1.29, 1.82) is 0 Å². The van der Waals surface area contributed by atoms with Crippen molar-refractivity contribution in [1.82, 2.24) is 10.2 Å². The normalized spacial score (nSPS) is 9.95. The maximum Gasteiger partial charge on any atom is 0.241 e. The van der Waals surface area contributed by atoms with Gasteiger partial charge in [-0.2, -0.15) is 0 Å². The number of nitrogens with zero attached hydrogens (tertiary/aromatic N) is 1. The number of hydrogen-bond acceptors (Lipinski definition) is 3. The average molecular weight is 278 g/mol. The number of likely N-dealkylation sites (N-methyl/N-ethyl adjacent to an activating group) is 1. The summed E-state index contributed by atoms with van der Waals surface area (Å²) in [5.74, 6) is 0.562. The van der Waals surface area contributed by atoms with E-state index in [0.29, 0.717) is 19.4 Å². The number of para-hydroxylation sites is 1. The summed E-state index contributed by atoms with van der Waals surface area (Å²) >= 11 is 0. The Morgan fingerprint density at radius 3 is 2.60 bits per heavy atom. The van der Waals surface area contributed by atoms with Gasteiger partial charge >= 0.3 is 0 Å². The molecule has 5 nitrogen and oxygen atoms in total. The molecule has 0 spiro atoms. The summed E-state index contributed by atoms with van der Waals surface area (Å²) in [6, 6.07) is 7.67. The van der Waals surface area contributed by atoms with Gasteiger partial charge in [-0.3, -0.25) is 9.59 Å². The molecule has 0 unspecified atom stereocenters. The van der Waals surface area contributed by atoms with Gasteiger partial charge in [0.25, 0.3) is 0 Å². The quantitative estimate of drug-likeness (QED) is 0.816. The fourth-order valence-electron chi connectivity index (χ4n) is 1.68. The summed E-state index contributed by atoms with van der Waals surface area (Å²) in [7, 11) is 3.32. The maximum absolute atomic E-state index is 11.7. The average Bonchev–Trinajstić information content (AvgIpc) is 2.44. The largest absolute Gasteiger partial charge is 0.494 e. The molecule has 20 heavy (non-hydrogen) atoms. The van der Waals surface area contributed by atoms with Crippen LogP contribution in [0.25, 0.3) is 0 Å². The first-order chi connectivity index (χ1) is 9.54. The van der Waals surface area contributed by atoms with E-state index in [1.807, 2.05) is 31.2 Å². The molecule has 0 bridgehead atoms. The van der Waals surface area contributed by atoms with E-state index in [-0.39, 0.29) is 18.4 Å². The minimum atomic E-state index is -0.133. The van der Waals surface area contributed by atoms with Crippen molar-refractivity contribution >= 4 is 11.8 Å². The molecule has 0 radical (unpaired) electrons. The van der Waals surface area contributed by atoms with Crippen LogP contribution >= 0.6 is 0 Å². The van der Waals surface area contributed by atoms with Crippen molar-refractivity contribution in [3.8, 4) is 5.75 Å². The maximum atomic E-state index is 11.7. The van der Waals surface area contributed by atoms with E-state index in [0.717, 1.165) is 11.3 Å². The predicted octanol–water partition coefficient (Wildman–Crippen LogP) is 1.22. The second-order valence-corrected chi connectivity index (χ2v) is 4.61. The van der Waals surface area contributed by atoms with Gasteiger partial charge in [0.15, 0.2) is 0 Å². The Morgan fingerprint density at radius 1 is 1.25 bits per heavy atom. The lowest BCUT2D eigenvalue weighted by molar-refractivity contribution is -0.130. The molecule has 0 saturated heterocycles. The van der Waals surface area contributed by atoms with Crippen molar-refractivity contribution in [2.45, 2.75) is 19.8 Å². The molecule has 1 aromatic rings. The van der Waals surface area contributed by atoms with Gasteiger partial charge in [0, 0.05) is 20.5 Å². The fraction of sp³-hybridized carbons (Fsp3) is 0.467. The molecule has 0 aliphatic carbocycles. The molecule has 1 N–H and O–H groups in total. The number of hydrogen-bond donors (Lipinski definition) is 1. The van der Waals surface area contributed by atoms with E-state index < -0.39 is 0 Å². The molecule has 1 aromatic carbocycles. The van der Waals surface area contributed by atoms with Crippen LogP contribution in [0.4, 0.5) is 0 Å². The molecule has 0 atom stereocenters. The molecule has 0 saturated carbocycles. The van der Waals surface area contributed by atoms with Crippen LogP contribution in [0.5, 0.6) is 5.75 Å². The van der Waals surface area contributed by atoms with Crippen molar-refractivity contribution < 1.29 is 14.3 Å². The summed E-state index contributed by atoms with van der Waals surface area (Å²) in [5.41, 5.74) is 1.00. The first kappa shape index (κ1) is 16.0. The monoisotopic (exact) mass is 278 g/mol. The van der Waals surface area contributed by atoms with Crippen molar-refractivity contribution in [3.05, 3.63) is 29.8 Å². The number of benzene rings is 1. The predicted molar refractivity (Wildman–Crippen MR) is 77.6 cm³/mol.